The van der Waals surface area contributed by atoms with Crippen molar-refractivity contribution in [1.29, 1.82) is 0 Å². The van der Waals surface area contributed by atoms with Gasteiger partial charge in [-0.05, 0) is 18.2 Å². The number of benzene rings is 1. The van der Waals surface area contributed by atoms with Crippen LogP contribution in [0, 0.1) is 6.57 Å². The molecule has 1 heterocycles. The van der Waals surface area contributed by atoms with E-state index >= 15 is 0 Å². The van der Waals surface area contributed by atoms with Crippen molar-refractivity contribution in [3.8, 4) is 0 Å². The second kappa shape index (κ2) is 3.56. The van der Waals surface area contributed by atoms with Crippen molar-refractivity contribution >= 4 is 44.1 Å². The molecule has 0 saturated carbocycles. The normalized spacial score (nSPS) is 10.1. The first-order valence-corrected chi connectivity index (χ1v) is 5.00. The van der Waals surface area contributed by atoms with Crippen molar-refractivity contribution in [2.24, 2.45) is 0 Å². The van der Waals surface area contributed by atoms with E-state index in [2.05, 4.69) is 25.8 Å². The Labute approximate surface area is 94.5 Å². The highest BCUT2D eigenvalue weighted by atomic mass is 79.9. The molecule has 2 aromatic rings. The lowest BCUT2D eigenvalue weighted by Gasteiger charge is -2.01. The van der Waals surface area contributed by atoms with Crippen LogP contribution >= 0.6 is 27.5 Å². The van der Waals surface area contributed by atoms with Crippen LogP contribution in [0.5, 0.6) is 0 Å². The number of fused-ring (bicyclic) bond motifs is 1. The van der Waals surface area contributed by atoms with Gasteiger partial charge >= 0.3 is 0 Å². The van der Waals surface area contributed by atoms with Crippen molar-refractivity contribution in [3.63, 3.8) is 0 Å². The molecule has 0 saturated heterocycles. The Kier molecular flexibility index (Phi) is 2.40. The second-order valence-electron chi connectivity index (χ2n) is 2.73. The van der Waals surface area contributed by atoms with Crippen LogP contribution in [0.1, 0.15) is 0 Å². The summed E-state index contributed by atoms with van der Waals surface area (Å²) in [5.74, 6) is 0. The van der Waals surface area contributed by atoms with Crippen molar-refractivity contribution in [2.75, 3.05) is 0 Å². The molecule has 68 valence electrons. The maximum atomic E-state index is 6.90. The number of hydrogen-bond donors (Lipinski definition) is 0. The molecular weight excluding hydrogens is 263 g/mol. The van der Waals surface area contributed by atoms with Gasteiger partial charge in [-0.2, -0.15) is 0 Å². The molecule has 1 aromatic carbocycles. The number of nitrogens with zero attached hydrogens (tertiary/aromatic N) is 2. The second-order valence-corrected chi connectivity index (χ2v) is 4.02. The highest BCUT2D eigenvalue weighted by Gasteiger charge is 2.06. The van der Waals surface area contributed by atoms with E-state index in [0.717, 1.165) is 15.4 Å². The van der Waals surface area contributed by atoms with E-state index in [9.17, 15) is 0 Å². The minimum absolute atomic E-state index is 0.386. The fourth-order valence-electron chi connectivity index (χ4n) is 1.20. The van der Waals surface area contributed by atoms with Crippen molar-refractivity contribution in [3.05, 3.63) is 45.3 Å². The van der Waals surface area contributed by atoms with Crippen molar-refractivity contribution in [2.45, 2.75) is 0 Å². The van der Waals surface area contributed by atoms with Crippen LogP contribution in [0.25, 0.3) is 15.7 Å². The van der Waals surface area contributed by atoms with Crippen LogP contribution in [0.2, 0.25) is 5.02 Å². The van der Waals surface area contributed by atoms with E-state index in [1.165, 1.54) is 6.20 Å². The molecule has 0 radical (unpaired) electrons. The Balaban J connectivity index is 2.88. The number of pyridine rings is 1. The third-order valence-corrected chi connectivity index (χ3v) is 2.76. The average molecular weight is 268 g/mol. The number of aromatic nitrogens is 1. The summed E-state index contributed by atoms with van der Waals surface area (Å²) in [6, 6.07) is 5.61. The quantitative estimate of drug-likeness (QED) is 0.654. The van der Waals surface area contributed by atoms with Crippen molar-refractivity contribution < 1.29 is 0 Å². The maximum absolute atomic E-state index is 6.90. The molecule has 0 fully saturated rings. The third-order valence-electron chi connectivity index (χ3n) is 1.87. The SMILES string of the molecule is [C-]#[N+]c1cnc2ccc(Br)cc2c1Cl. The van der Waals surface area contributed by atoms with Gasteiger partial charge in [0.15, 0.2) is 0 Å². The van der Waals surface area contributed by atoms with Gasteiger partial charge in [-0.1, -0.05) is 27.5 Å². The Morgan fingerprint density at radius 2 is 2.21 bits per heavy atom. The molecule has 0 aliphatic rings. The lowest BCUT2D eigenvalue weighted by atomic mass is 10.2. The molecule has 2 rings (SSSR count). The highest BCUT2D eigenvalue weighted by molar-refractivity contribution is 9.10. The molecule has 0 unspecified atom stereocenters. The largest absolute Gasteiger partial charge is 0.268 e. The Morgan fingerprint density at radius 1 is 1.43 bits per heavy atom. The summed E-state index contributed by atoms with van der Waals surface area (Å²) in [6.07, 6.45) is 1.49. The van der Waals surface area contributed by atoms with Gasteiger partial charge in [-0.15, -0.1) is 0 Å². The molecule has 0 N–H and O–H groups in total. The lowest BCUT2D eigenvalue weighted by molar-refractivity contribution is 1.42. The minimum atomic E-state index is 0.386. The van der Waals surface area contributed by atoms with E-state index in [-0.39, 0.29) is 0 Å². The van der Waals surface area contributed by atoms with Gasteiger partial charge < -0.3 is 0 Å². The first-order valence-electron chi connectivity index (χ1n) is 3.83. The summed E-state index contributed by atoms with van der Waals surface area (Å²) in [7, 11) is 0. The summed E-state index contributed by atoms with van der Waals surface area (Å²) in [6.45, 7) is 6.90. The zero-order valence-corrected chi connectivity index (χ0v) is 9.30. The molecule has 14 heavy (non-hydrogen) atoms. The molecular formula is C10H4BrClN2. The summed E-state index contributed by atoms with van der Waals surface area (Å²) < 4.78 is 0.927. The topological polar surface area (TPSA) is 17.2 Å². The smallest absolute Gasteiger partial charge is 0.223 e. The summed E-state index contributed by atoms with van der Waals surface area (Å²) in [4.78, 5) is 7.43. The van der Waals surface area contributed by atoms with E-state index in [1.54, 1.807) is 0 Å². The molecule has 0 amide bonds. The average Bonchev–Trinajstić information content (AvgIpc) is 2.20. The third kappa shape index (κ3) is 1.47. The molecule has 0 aliphatic carbocycles. The molecule has 0 atom stereocenters. The van der Waals surface area contributed by atoms with Gasteiger partial charge in [0.05, 0.1) is 17.1 Å². The summed E-state index contributed by atoms with van der Waals surface area (Å²) in [5.41, 5.74) is 1.18. The first-order chi connectivity index (χ1) is 6.72. The van der Waals surface area contributed by atoms with Crippen LogP contribution in [0.4, 0.5) is 5.69 Å². The molecule has 4 heteroatoms. The molecule has 0 aliphatic heterocycles. The Morgan fingerprint density at radius 3 is 2.93 bits per heavy atom. The molecule has 1 aromatic heterocycles. The van der Waals surface area contributed by atoms with Crippen LogP contribution < -0.4 is 0 Å². The highest BCUT2D eigenvalue weighted by Crippen LogP contribution is 2.32. The zero-order valence-electron chi connectivity index (χ0n) is 6.96. The monoisotopic (exact) mass is 266 g/mol. The Hall–Kier alpha value is -1.11. The van der Waals surface area contributed by atoms with Crippen LogP contribution in [-0.2, 0) is 0 Å². The summed E-state index contributed by atoms with van der Waals surface area (Å²) >= 11 is 9.39. The van der Waals surface area contributed by atoms with E-state index in [1.807, 2.05) is 18.2 Å². The fourth-order valence-corrected chi connectivity index (χ4v) is 1.80. The first kappa shape index (κ1) is 9.45. The number of rotatable bonds is 0. The predicted molar refractivity (Wildman–Crippen MR) is 60.7 cm³/mol. The van der Waals surface area contributed by atoms with Gasteiger partial charge in [0.1, 0.15) is 0 Å². The summed E-state index contributed by atoms with van der Waals surface area (Å²) in [5, 5.41) is 1.26. The van der Waals surface area contributed by atoms with Crippen LogP contribution in [0.15, 0.2) is 28.9 Å². The van der Waals surface area contributed by atoms with E-state index in [4.69, 9.17) is 18.2 Å². The molecule has 0 bridgehead atoms. The Bertz CT molecular complexity index is 546. The van der Waals surface area contributed by atoms with Gasteiger partial charge in [0.25, 0.3) is 0 Å². The lowest BCUT2D eigenvalue weighted by Crippen LogP contribution is -1.79. The van der Waals surface area contributed by atoms with Gasteiger partial charge in [0, 0.05) is 16.1 Å². The van der Waals surface area contributed by atoms with Crippen LogP contribution in [-0.4, -0.2) is 4.98 Å². The van der Waals surface area contributed by atoms with Crippen molar-refractivity contribution in [1.82, 2.24) is 4.98 Å². The van der Waals surface area contributed by atoms with E-state index in [0.29, 0.717) is 10.7 Å². The molecule has 0 spiro atoms. The van der Waals surface area contributed by atoms with E-state index < -0.39 is 0 Å². The van der Waals surface area contributed by atoms with Gasteiger partial charge in [-0.3, -0.25) is 4.98 Å². The fraction of sp³-hybridized carbons (Fsp3) is 0. The minimum Gasteiger partial charge on any atom is -0.268 e. The predicted octanol–water partition coefficient (Wildman–Crippen LogP) is 4.20. The van der Waals surface area contributed by atoms with Crippen LogP contribution in [0.3, 0.4) is 0 Å². The van der Waals surface area contributed by atoms with Gasteiger partial charge in [-0.25, -0.2) is 4.85 Å². The number of hydrogen-bond acceptors (Lipinski definition) is 1. The maximum Gasteiger partial charge on any atom is 0.223 e. The standard InChI is InChI=1S/C10H4BrClN2/c1-13-9-5-14-8-3-2-6(11)4-7(8)10(9)12/h2-5H. The number of halogens is 2. The van der Waals surface area contributed by atoms with Gasteiger partial charge in [0.2, 0.25) is 5.69 Å². The zero-order chi connectivity index (χ0) is 10.1. The molecule has 2 nitrogen and oxygen atoms in total.